The quantitative estimate of drug-likeness (QED) is 0.334. The number of benzene rings is 3. The van der Waals surface area contributed by atoms with Gasteiger partial charge in [-0.05, 0) is 30.2 Å². The van der Waals surface area contributed by atoms with Crippen LogP contribution in [0, 0.1) is 6.92 Å². The topological polar surface area (TPSA) is 58.6 Å². The number of aliphatic hydroxyl groups is 1. The zero-order valence-electron chi connectivity index (χ0n) is 17.2. The molecule has 0 aliphatic heterocycles. The van der Waals surface area contributed by atoms with Crippen molar-refractivity contribution in [3.63, 3.8) is 0 Å². The van der Waals surface area contributed by atoms with Gasteiger partial charge in [0.2, 0.25) is 4.87 Å². The third-order valence-corrected chi connectivity index (χ3v) is 6.11. The molecule has 8 heteroatoms. The van der Waals surface area contributed by atoms with Gasteiger partial charge in [-0.3, -0.25) is 5.32 Å². The second kappa shape index (κ2) is 10.1. The molecule has 0 bridgehead atoms. The van der Waals surface area contributed by atoms with E-state index >= 15 is 0 Å². The van der Waals surface area contributed by atoms with Gasteiger partial charge in [-0.25, -0.2) is 4.79 Å². The lowest BCUT2D eigenvalue weighted by Gasteiger charge is -2.39. The van der Waals surface area contributed by atoms with Gasteiger partial charge in [0.1, 0.15) is 12.7 Å². The summed E-state index contributed by atoms with van der Waals surface area (Å²) in [4.78, 5) is 9.64. The van der Waals surface area contributed by atoms with Crippen molar-refractivity contribution in [1.82, 2.24) is 5.32 Å². The van der Waals surface area contributed by atoms with Gasteiger partial charge >= 0.3 is 12.3 Å². The average Bonchev–Trinajstić information content (AvgIpc) is 2.78. The number of halogens is 3. The van der Waals surface area contributed by atoms with Crippen molar-refractivity contribution >= 4 is 17.9 Å². The summed E-state index contributed by atoms with van der Waals surface area (Å²) in [5, 5.41) is 12.8. The molecule has 0 aliphatic rings. The molecule has 0 fully saturated rings. The van der Waals surface area contributed by atoms with Crippen LogP contribution in [0.15, 0.2) is 89.8 Å². The predicted octanol–water partition coefficient (Wildman–Crippen LogP) is 6.01. The fourth-order valence-electron chi connectivity index (χ4n) is 3.01. The Morgan fingerprint density at radius 1 is 0.969 bits per heavy atom. The molecule has 1 amide bonds. The number of alkyl halides is 3. The van der Waals surface area contributed by atoms with Gasteiger partial charge in [0.15, 0.2) is 0 Å². The Kier molecular flexibility index (Phi) is 7.48. The van der Waals surface area contributed by atoms with E-state index in [-0.39, 0.29) is 17.1 Å². The SMILES string of the molecule is Cc1ccc(S[C@](NC(=O)OCc2ccccc2)([C@@H](O)c2ccccc2)C(F)(F)F)cc1. The largest absolute Gasteiger partial charge is 0.445 e. The molecule has 2 atom stereocenters. The summed E-state index contributed by atoms with van der Waals surface area (Å²) in [6, 6.07) is 22.3. The van der Waals surface area contributed by atoms with Crippen molar-refractivity contribution in [2.24, 2.45) is 0 Å². The lowest BCUT2D eigenvalue weighted by Crippen LogP contribution is -2.60. The molecule has 3 rings (SSSR count). The van der Waals surface area contributed by atoms with Crippen LogP contribution in [0.5, 0.6) is 0 Å². The van der Waals surface area contributed by atoms with E-state index < -0.39 is 23.2 Å². The minimum absolute atomic E-state index is 0.00722. The normalized spacial score (nSPS) is 14.3. The molecule has 0 aliphatic carbocycles. The zero-order valence-corrected chi connectivity index (χ0v) is 18.0. The fourth-order valence-corrected chi connectivity index (χ4v) is 4.15. The highest BCUT2D eigenvalue weighted by Gasteiger charge is 2.62. The molecule has 0 heterocycles. The molecule has 0 saturated carbocycles. The van der Waals surface area contributed by atoms with E-state index in [0.29, 0.717) is 17.3 Å². The molecule has 0 unspecified atom stereocenters. The number of hydrogen-bond donors (Lipinski definition) is 2. The van der Waals surface area contributed by atoms with Gasteiger partial charge in [-0.2, -0.15) is 13.2 Å². The van der Waals surface area contributed by atoms with E-state index in [1.165, 1.54) is 36.4 Å². The zero-order chi connectivity index (χ0) is 23.2. The number of thioether (sulfide) groups is 1. The first kappa shape index (κ1) is 23.7. The molecule has 4 nitrogen and oxygen atoms in total. The smallest absolute Gasteiger partial charge is 0.424 e. The van der Waals surface area contributed by atoms with E-state index in [1.54, 1.807) is 48.5 Å². The van der Waals surface area contributed by atoms with E-state index in [0.717, 1.165) is 5.56 Å². The van der Waals surface area contributed by atoms with Crippen LogP contribution >= 0.6 is 11.8 Å². The third-order valence-electron chi connectivity index (χ3n) is 4.72. The van der Waals surface area contributed by atoms with E-state index in [9.17, 15) is 23.1 Å². The maximum absolute atomic E-state index is 14.5. The Balaban J connectivity index is 1.95. The van der Waals surface area contributed by atoms with Gasteiger partial charge < -0.3 is 9.84 Å². The van der Waals surface area contributed by atoms with Gasteiger partial charge in [0.05, 0.1) is 0 Å². The van der Waals surface area contributed by atoms with E-state index in [2.05, 4.69) is 0 Å². The van der Waals surface area contributed by atoms with Crippen molar-refractivity contribution in [2.45, 2.75) is 35.6 Å². The van der Waals surface area contributed by atoms with Crippen LogP contribution in [-0.2, 0) is 11.3 Å². The van der Waals surface area contributed by atoms with Gasteiger partial charge in [-0.1, -0.05) is 90.1 Å². The molecule has 3 aromatic carbocycles. The molecule has 3 aromatic rings. The minimum Gasteiger partial charge on any atom is -0.445 e. The highest BCUT2D eigenvalue weighted by molar-refractivity contribution is 8.00. The van der Waals surface area contributed by atoms with Crippen LogP contribution in [0.25, 0.3) is 0 Å². The van der Waals surface area contributed by atoms with E-state index in [1.807, 2.05) is 12.2 Å². The average molecular weight is 462 g/mol. The summed E-state index contributed by atoms with van der Waals surface area (Å²) in [7, 11) is 0. The first-order chi connectivity index (χ1) is 15.2. The van der Waals surface area contributed by atoms with Crippen molar-refractivity contribution in [3.8, 4) is 0 Å². The van der Waals surface area contributed by atoms with Crippen LogP contribution in [0.1, 0.15) is 22.8 Å². The highest BCUT2D eigenvalue weighted by Crippen LogP contribution is 2.50. The second-order valence-electron chi connectivity index (χ2n) is 7.15. The number of aryl methyl sites for hydroxylation is 1. The first-order valence-corrected chi connectivity index (χ1v) is 10.6. The van der Waals surface area contributed by atoms with E-state index in [4.69, 9.17) is 4.74 Å². The summed E-state index contributed by atoms with van der Waals surface area (Å²) in [5.74, 6) is 0. The predicted molar refractivity (Wildman–Crippen MR) is 117 cm³/mol. The summed E-state index contributed by atoms with van der Waals surface area (Å²) in [6.45, 7) is 1.60. The molecular formula is C24H22F3NO3S. The number of ether oxygens (including phenoxy) is 1. The van der Waals surface area contributed by atoms with Crippen LogP contribution in [0.2, 0.25) is 0 Å². The number of carbonyl (C=O) groups is 1. The number of hydrogen-bond acceptors (Lipinski definition) is 4. The summed E-state index contributed by atoms with van der Waals surface area (Å²) in [6.07, 6.45) is -8.41. The minimum atomic E-state index is -5.02. The Labute approximate surface area is 188 Å². The number of aliphatic hydroxyl groups excluding tert-OH is 1. The Morgan fingerprint density at radius 3 is 2.09 bits per heavy atom. The van der Waals surface area contributed by atoms with Crippen molar-refractivity contribution < 1.29 is 27.8 Å². The van der Waals surface area contributed by atoms with Gasteiger partial charge in [-0.15, -0.1) is 0 Å². The number of amides is 1. The lowest BCUT2D eigenvalue weighted by atomic mass is 10.0. The fraction of sp³-hybridized carbons (Fsp3) is 0.208. The lowest BCUT2D eigenvalue weighted by molar-refractivity contribution is -0.190. The maximum Gasteiger partial charge on any atom is 0.424 e. The number of nitrogens with one attached hydrogen (secondary N) is 1. The molecule has 0 radical (unpaired) electrons. The molecule has 168 valence electrons. The third kappa shape index (κ3) is 5.63. The van der Waals surface area contributed by atoms with Crippen molar-refractivity contribution in [2.75, 3.05) is 0 Å². The first-order valence-electron chi connectivity index (χ1n) is 9.75. The number of carbonyl (C=O) groups excluding carboxylic acids is 1. The van der Waals surface area contributed by atoms with Crippen LogP contribution in [-0.4, -0.2) is 22.2 Å². The summed E-state index contributed by atoms with van der Waals surface area (Å²) < 4.78 is 48.7. The second-order valence-corrected chi connectivity index (χ2v) is 8.47. The van der Waals surface area contributed by atoms with Gasteiger partial charge in [0, 0.05) is 4.90 Å². The molecule has 0 spiro atoms. The molecule has 0 aromatic heterocycles. The number of rotatable bonds is 7. The maximum atomic E-state index is 14.5. The van der Waals surface area contributed by atoms with Crippen LogP contribution in [0.4, 0.5) is 18.0 Å². The summed E-state index contributed by atoms with van der Waals surface area (Å²) in [5.41, 5.74) is 1.49. The molecule has 32 heavy (non-hydrogen) atoms. The Morgan fingerprint density at radius 2 is 1.53 bits per heavy atom. The van der Waals surface area contributed by atoms with Crippen LogP contribution in [0.3, 0.4) is 0 Å². The Bertz CT molecular complexity index is 1010. The standard InChI is InChI=1S/C24H22F3NO3S/c1-17-12-14-20(15-13-17)32-23(24(25,26)27,21(29)19-10-6-3-7-11-19)28-22(30)31-16-18-8-4-2-5-9-18/h2-15,21,29H,16H2,1H3,(H,28,30)/t21-,23+/m0/s1. The van der Waals surface area contributed by atoms with Gasteiger partial charge in [0.25, 0.3) is 0 Å². The van der Waals surface area contributed by atoms with Crippen molar-refractivity contribution in [3.05, 3.63) is 102 Å². The van der Waals surface area contributed by atoms with Crippen LogP contribution < -0.4 is 5.32 Å². The molecule has 0 saturated heterocycles. The molecular weight excluding hydrogens is 439 g/mol. The number of alkyl carbamates (subject to hydrolysis) is 1. The highest BCUT2D eigenvalue weighted by atomic mass is 32.2. The molecule has 2 N–H and O–H groups in total. The monoisotopic (exact) mass is 461 g/mol. The summed E-state index contributed by atoms with van der Waals surface area (Å²) >= 11 is 0.318. The van der Waals surface area contributed by atoms with Crippen molar-refractivity contribution in [1.29, 1.82) is 0 Å². The Hall–Kier alpha value is -2.97.